The van der Waals surface area contributed by atoms with Crippen molar-refractivity contribution in [3.63, 3.8) is 0 Å². The van der Waals surface area contributed by atoms with Crippen LogP contribution in [0.15, 0.2) is 11.3 Å². The monoisotopic (exact) mass is 254 g/mol. The summed E-state index contributed by atoms with van der Waals surface area (Å²) in [5.41, 5.74) is 0.317. The van der Waals surface area contributed by atoms with E-state index in [9.17, 15) is 14.7 Å². The van der Waals surface area contributed by atoms with E-state index in [-0.39, 0.29) is 30.0 Å². The highest BCUT2D eigenvalue weighted by atomic mass is 16.5. The smallest absolute Gasteiger partial charge is 0.337 e. The summed E-state index contributed by atoms with van der Waals surface area (Å²) < 4.78 is 4.96. The van der Waals surface area contributed by atoms with E-state index in [1.54, 1.807) is 6.92 Å². The molecule has 0 radical (unpaired) electrons. The summed E-state index contributed by atoms with van der Waals surface area (Å²) in [4.78, 5) is 23.6. The number of Topliss-reactive ketones (excluding diaryl/α,β-unsaturated/α-hetero) is 1. The fraction of sp³-hybridized carbons (Fsp3) is 0.714. The lowest BCUT2D eigenvalue weighted by atomic mass is 9.81. The van der Waals surface area contributed by atoms with Gasteiger partial charge in [0, 0.05) is 24.7 Å². The van der Waals surface area contributed by atoms with Gasteiger partial charge in [-0.3, -0.25) is 4.79 Å². The molecule has 4 nitrogen and oxygen atoms in total. The van der Waals surface area contributed by atoms with E-state index in [4.69, 9.17) is 4.74 Å². The lowest BCUT2D eigenvalue weighted by Crippen LogP contribution is -2.25. The summed E-state index contributed by atoms with van der Waals surface area (Å²) in [6.07, 6.45) is 2.39. The molecular weight excluding hydrogens is 232 g/mol. The average molecular weight is 254 g/mol. The van der Waals surface area contributed by atoms with Crippen molar-refractivity contribution in [2.24, 2.45) is 11.8 Å². The van der Waals surface area contributed by atoms with Crippen LogP contribution in [0, 0.1) is 11.8 Å². The molecule has 0 aromatic carbocycles. The Balaban J connectivity index is 2.85. The fourth-order valence-electron chi connectivity index (χ4n) is 2.21. The Kier molecular flexibility index (Phi) is 5.38. The number of aliphatic hydroxyl groups excluding tert-OH is 1. The number of allylic oxidation sites excluding steroid dienone is 1. The maximum atomic E-state index is 11.8. The van der Waals surface area contributed by atoms with Gasteiger partial charge in [-0.2, -0.15) is 0 Å². The van der Waals surface area contributed by atoms with Crippen LogP contribution in [0.1, 0.15) is 46.5 Å². The van der Waals surface area contributed by atoms with Crippen molar-refractivity contribution < 1.29 is 19.4 Å². The molecule has 1 atom stereocenters. The van der Waals surface area contributed by atoms with Crippen molar-refractivity contribution >= 4 is 11.8 Å². The summed E-state index contributed by atoms with van der Waals surface area (Å²) in [5, 5.41) is 9.86. The van der Waals surface area contributed by atoms with Gasteiger partial charge in [-0.15, -0.1) is 0 Å². The van der Waals surface area contributed by atoms with Gasteiger partial charge in [-0.1, -0.05) is 13.8 Å². The van der Waals surface area contributed by atoms with E-state index >= 15 is 0 Å². The molecule has 0 heterocycles. The zero-order chi connectivity index (χ0) is 13.7. The van der Waals surface area contributed by atoms with Crippen LogP contribution in [0.2, 0.25) is 0 Å². The minimum absolute atomic E-state index is 0.0440. The van der Waals surface area contributed by atoms with Crippen LogP contribution in [-0.4, -0.2) is 23.5 Å². The van der Waals surface area contributed by atoms with Gasteiger partial charge in [-0.25, -0.2) is 4.79 Å². The van der Waals surface area contributed by atoms with Gasteiger partial charge >= 0.3 is 5.97 Å². The molecule has 0 saturated heterocycles. The Labute approximate surface area is 108 Å². The number of rotatable bonds is 5. The first-order valence-corrected chi connectivity index (χ1v) is 6.59. The van der Waals surface area contributed by atoms with E-state index in [1.165, 1.54) is 0 Å². The zero-order valence-electron chi connectivity index (χ0n) is 11.4. The molecule has 0 aromatic rings. The van der Waals surface area contributed by atoms with Crippen LogP contribution in [0.25, 0.3) is 0 Å². The molecule has 0 bridgehead atoms. The molecule has 1 aliphatic rings. The Morgan fingerprint density at radius 1 is 1.44 bits per heavy atom. The standard InChI is InChI=1S/C14H22O4/c1-4-18-14(17)13-10(6-5-7-11(13)15)8-12(16)9(2)3/h9-10,15H,4-8H2,1-3H3/t10-/m1/s1. The van der Waals surface area contributed by atoms with E-state index in [0.29, 0.717) is 18.4 Å². The van der Waals surface area contributed by atoms with E-state index in [0.717, 1.165) is 12.8 Å². The molecule has 1 N–H and O–H groups in total. The predicted molar refractivity (Wildman–Crippen MR) is 68.1 cm³/mol. The third kappa shape index (κ3) is 3.59. The maximum Gasteiger partial charge on any atom is 0.337 e. The Morgan fingerprint density at radius 3 is 2.67 bits per heavy atom. The second-order valence-electron chi connectivity index (χ2n) is 5.00. The minimum atomic E-state index is -0.476. The van der Waals surface area contributed by atoms with Crippen molar-refractivity contribution in [2.75, 3.05) is 6.61 Å². The summed E-state index contributed by atoms with van der Waals surface area (Å²) in [7, 11) is 0. The largest absolute Gasteiger partial charge is 0.512 e. The first kappa shape index (κ1) is 14.7. The summed E-state index contributed by atoms with van der Waals surface area (Å²) in [6, 6.07) is 0. The van der Waals surface area contributed by atoms with Crippen LogP contribution in [0.3, 0.4) is 0 Å². The highest BCUT2D eigenvalue weighted by molar-refractivity contribution is 5.91. The van der Waals surface area contributed by atoms with Gasteiger partial charge < -0.3 is 9.84 Å². The van der Waals surface area contributed by atoms with Crippen LogP contribution in [0.5, 0.6) is 0 Å². The summed E-state index contributed by atoms with van der Waals surface area (Å²) >= 11 is 0. The van der Waals surface area contributed by atoms with Gasteiger partial charge in [0.15, 0.2) is 0 Å². The predicted octanol–water partition coefficient (Wildman–Crippen LogP) is 2.78. The number of ketones is 1. The molecule has 0 saturated carbocycles. The van der Waals surface area contributed by atoms with Crippen LogP contribution < -0.4 is 0 Å². The van der Waals surface area contributed by atoms with Crippen molar-refractivity contribution in [3.05, 3.63) is 11.3 Å². The number of hydrogen-bond acceptors (Lipinski definition) is 4. The Hall–Kier alpha value is -1.32. The lowest BCUT2D eigenvalue weighted by Gasteiger charge is -2.24. The molecule has 0 aromatic heterocycles. The van der Waals surface area contributed by atoms with Crippen molar-refractivity contribution in [2.45, 2.75) is 46.5 Å². The highest BCUT2D eigenvalue weighted by Crippen LogP contribution is 2.32. The normalized spacial score (nSPS) is 20.1. The molecule has 0 unspecified atom stereocenters. The molecule has 0 fully saturated rings. The van der Waals surface area contributed by atoms with Gasteiger partial charge in [0.2, 0.25) is 0 Å². The molecule has 102 valence electrons. The van der Waals surface area contributed by atoms with Crippen molar-refractivity contribution in [1.29, 1.82) is 0 Å². The number of esters is 1. The topological polar surface area (TPSA) is 63.6 Å². The lowest BCUT2D eigenvalue weighted by molar-refractivity contribution is -0.139. The molecule has 1 aliphatic carbocycles. The molecular formula is C14H22O4. The third-order valence-corrected chi connectivity index (χ3v) is 3.27. The van der Waals surface area contributed by atoms with Gasteiger partial charge in [-0.05, 0) is 19.8 Å². The molecule has 1 rings (SSSR count). The quantitative estimate of drug-likeness (QED) is 0.766. The first-order valence-electron chi connectivity index (χ1n) is 6.59. The second-order valence-corrected chi connectivity index (χ2v) is 5.00. The number of carbonyl (C=O) groups excluding carboxylic acids is 2. The SMILES string of the molecule is CCOC(=O)C1=C(O)CCC[C@@H]1CC(=O)C(C)C. The van der Waals surface area contributed by atoms with Crippen LogP contribution in [-0.2, 0) is 14.3 Å². The van der Waals surface area contributed by atoms with Crippen molar-refractivity contribution in [1.82, 2.24) is 0 Å². The number of carbonyl (C=O) groups is 2. The molecule has 0 amide bonds. The van der Waals surface area contributed by atoms with E-state index in [2.05, 4.69) is 0 Å². The molecule has 18 heavy (non-hydrogen) atoms. The molecule has 0 spiro atoms. The summed E-state index contributed by atoms with van der Waals surface area (Å²) in [6.45, 7) is 5.70. The zero-order valence-corrected chi connectivity index (χ0v) is 11.4. The van der Waals surface area contributed by atoms with Crippen LogP contribution in [0.4, 0.5) is 0 Å². The van der Waals surface area contributed by atoms with Crippen molar-refractivity contribution in [3.8, 4) is 0 Å². The molecule has 4 heteroatoms. The summed E-state index contributed by atoms with van der Waals surface area (Å²) in [5.74, 6) is -0.487. The van der Waals surface area contributed by atoms with Gasteiger partial charge in [0.1, 0.15) is 11.5 Å². The van der Waals surface area contributed by atoms with E-state index in [1.807, 2.05) is 13.8 Å². The average Bonchev–Trinajstić information content (AvgIpc) is 2.29. The highest BCUT2D eigenvalue weighted by Gasteiger charge is 2.31. The van der Waals surface area contributed by atoms with Gasteiger partial charge in [0.25, 0.3) is 0 Å². The third-order valence-electron chi connectivity index (χ3n) is 3.27. The second kappa shape index (κ2) is 6.57. The number of aliphatic hydroxyl groups is 1. The van der Waals surface area contributed by atoms with E-state index < -0.39 is 5.97 Å². The number of ether oxygens (including phenoxy) is 1. The number of hydrogen-bond donors (Lipinski definition) is 1. The first-order chi connectivity index (χ1) is 8.47. The molecule has 0 aliphatic heterocycles. The Morgan fingerprint density at radius 2 is 2.11 bits per heavy atom. The van der Waals surface area contributed by atoms with Gasteiger partial charge in [0.05, 0.1) is 12.2 Å². The maximum absolute atomic E-state index is 11.8. The van der Waals surface area contributed by atoms with Crippen LogP contribution >= 0.6 is 0 Å². The minimum Gasteiger partial charge on any atom is -0.512 e. The fourth-order valence-corrected chi connectivity index (χ4v) is 2.21. The Bertz CT molecular complexity index is 355.